The van der Waals surface area contributed by atoms with Crippen molar-refractivity contribution >= 4 is 38.9 Å². The maximum atomic E-state index is 12.6. The molecule has 28 heavy (non-hydrogen) atoms. The van der Waals surface area contributed by atoms with Crippen LogP contribution in [0.4, 0.5) is 5.69 Å². The molecule has 0 spiro atoms. The first-order chi connectivity index (χ1) is 13.2. The molecule has 0 atom stereocenters. The van der Waals surface area contributed by atoms with Crippen molar-refractivity contribution in [3.05, 3.63) is 40.1 Å². The van der Waals surface area contributed by atoms with E-state index in [2.05, 4.69) is 10.6 Å². The van der Waals surface area contributed by atoms with Crippen LogP contribution >= 0.6 is 11.3 Å². The number of thiophene rings is 1. The van der Waals surface area contributed by atoms with E-state index in [1.54, 1.807) is 26.0 Å². The van der Waals surface area contributed by atoms with Crippen molar-refractivity contribution in [3.8, 4) is 5.75 Å². The maximum Gasteiger partial charge on any atom is 0.265 e. The molecular formula is C18H23N3O5S2. The van der Waals surface area contributed by atoms with Gasteiger partial charge < -0.3 is 15.7 Å². The Hall–Kier alpha value is -2.43. The molecule has 10 heteroatoms. The average molecular weight is 426 g/mol. The zero-order valence-electron chi connectivity index (χ0n) is 15.9. The highest BCUT2D eigenvalue weighted by Crippen LogP contribution is 2.29. The van der Waals surface area contributed by atoms with Gasteiger partial charge in [0.15, 0.2) is 0 Å². The lowest BCUT2D eigenvalue weighted by Crippen LogP contribution is -2.30. The zero-order chi connectivity index (χ0) is 20.9. The summed E-state index contributed by atoms with van der Waals surface area (Å²) in [6.45, 7) is 5.82. The number of sulfonamides is 1. The number of phenols is 1. The van der Waals surface area contributed by atoms with Crippen LogP contribution in [0.2, 0.25) is 0 Å². The summed E-state index contributed by atoms with van der Waals surface area (Å²) in [4.78, 5) is 24.6. The molecule has 0 saturated carbocycles. The number of hydrogen-bond acceptors (Lipinski definition) is 6. The molecule has 0 radical (unpaired) electrons. The average Bonchev–Trinajstić information content (AvgIpc) is 3.11. The van der Waals surface area contributed by atoms with Gasteiger partial charge in [-0.05, 0) is 30.3 Å². The van der Waals surface area contributed by atoms with Gasteiger partial charge in [0.1, 0.15) is 5.75 Å². The lowest BCUT2D eigenvalue weighted by molar-refractivity contribution is -0.119. The Labute approximate surface area is 168 Å². The second-order valence-electron chi connectivity index (χ2n) is 5.90. The van der Waals surface area contributed by atoms with Crippen LogP contribution in [0.1, 0.15) is 35.3 Å². The van der Waals surface area contributed by atoms with Gasteiger partial charge in [-0.25, -0.2) is 8.42 Å². The van der Waals surface area contributed by atoms with E-state index >= 15 is 0 Å². The Kier molecular flexibility index (Phi) is 7.17. The number of carbonyl (C=O) groups excluding carboxylic acids is 2. The number of benzene rings is 1. The van der Waals surface area contributed by atoms with Gasteiger partial charge in [0, 0.05) is 24.9 Å². The number of phenolic OH excluding ortho intramolecular Hbond substituents is 1. The molecule has 0 aliphatic carbocycles. The predicted octanol–water partition coefficient (Wildman–Crippen LogP) is 2.37. The molecule has 1 aromatic heterocycles. The van der Waals surface area contributed by atoms with Crippen LogP contribution < -0.4 is 10.6 Å². The molecule has 2 rings (SSSR count). The van der Waals surface area contributed by atoms with Crippen LogP contribution in [0.3, 0.4) is 0 Å². The fraction of sp³-hybridized carbons (Fsp3) is 0.333. The molecule has 0 aliphatic heterocycles. The fourth-order valence-electron chi connectivity index (χ4n) is 2.48. The number of nitrogens with zero attached hydrogens (tertiary/aromatic N) is 1. The number of rotatable bonds is 8. The maximum absolute atomic E-state index is 12.6. The minimum Gasteiger partial charge on any atom is -0.506 e. The molecule has 2 amide bonds. The van der Waals surface area contributed by atoms with E-state index in [0.717, 1.165) is 4.88 Å². The van der Waals surface area contributed by atoms with E-state index in [1.165, 1.54) is 40.8 Å². The van der Waals surface area contributed by atoms with Gasteiger partial charge in [0.2, 0.25) is 15.9 Å². The minimum absolute atomic E-state index is 0.00930. The summed E-state index contributed by atoms with van der Waals surface area (Å²) in [6.07, 6.45) is 0. The van der Waals surface area contributed by atoms with E-state index in [1.807, 2.05) is 0 Å². The van der Waals surface area contributed by atoms with Gasteiger partial charge in [-0.15, -0.1) is 11.3 Å². The summed E-state index contributed by atoms with van der Waals surface area (Å²) >= 11 is 1.20. The molecule has 2 aromatic rings. The highest BCUT2D eigenvalue weighted by atomic mass is 32.2. The number of hydrogen-bond donors (Lipinski definition) is 3. The van der Waals surface area contributed by atoms with Gasteiger partial charge in [-0.2, -0.15) is 4.31 Å². The number of carbonyl (C=O) groups is 2. The summed E-state index contributed by atoms with van der Waals surface area (Å²) in [5, 5.41) is 15.2. The van der Waals surface area contributed by atoms with Crippen LogP contribution in [0.5, 0.6) is 5.75 Å². The molecule has 0 saturated heterocycles. The zero-order valence-corrected chi connectivity index (χ0v) is 17.5. The van der Waals surface area contributed by atoms with Crippen molar-refractivity contribution in [3.63, 3.8) is 0 Å². The first-order valence-corrected chi connectivity index (χ1v) is 10.9. The third-order valence-corrected chi connectivity index (χ3v) is 7.09. The largest absolute Gasteiger partial charge is 0.506 e. The minimum atomic E-state index is -3.72. The van der Waals surface area contributed by atoms with Crippen LogP contribution in [-0.4, -0.2) is 42.7 Å². The van der Waals surface area contributed by atoms with E-state index in [4.69, 9.17) is 0 Å². The second kappa shape index (κ2) is 9.18. The van der Waals surface area contributed by atoms with E-state index in [-0.39, 0.29) is 22.2 Å². The quantitative estimate of drug-likeness (QED) is 0.562. The number of nitrogens with one attached hydrogen (secondary N) is 2. The van der Waals surface area contributed by atoms with E-state index < -0.39 is 15.9 Å². The summed E-state index contributed by atoms with van der Waals surface area (Å²) in [6, 6.07) is 7.10. The van der Waals surface area contributed by atoms with Crippen molar-refractivity contribution in [2.24, 2.45) is 0 Å². The lowest BCUT2D eigenvalue weighted by Gasteiger charge is -2.19. The number of anilines is 1. The lowest BCUT2D eigenvalue weighted by atomic mass is 10.3. The first kappa shape index (κ1) is 21.9. The highest BCUT2D eigenvalue weighted by Gasteiger charge is 2.23. The van der Waals surface area contributed by atoms with Crippen LogP contribution in [0.25, 0.3) is 0 Å². The SMILES string of the molecule is CCN(CC)S(=O)(=O)c1ccc(O)c(NC(=O)c2ccc(CNC(C)=O)s2)c1. The van der Waals surface area contributed by atoms with E-state index in [0.29, 0.717) is 24.5 Å². The molecule has 1 aromatic carbocycles. The summed E-state index contributed by atoms with van der Waals surface area (Å²) < 4.78 is 26.6. The molecular weight excluding hydrogens is 402 g/mol. The predicted molar refractivity (Wildman–Crippen MR) is 108 cm³/mol. The molecule has 3 N–H and O–H groups in total. The molecule has 0 bridgehead atoms. The summed E-state index contributed by atoms with van der Waals surface area (Å²) in [7, 11) is -3.72. The molecule has 152 valence electrons. The van der Waals surface area contributed by atoms with Crippen LogP contribution in [-0.2, 0) is 21.4 Å². The topological polar surface area (TPSA) is 116 Å². The van der Waals surface area contributed by atoms with Crippen molar-refractivity contribution < 1.29 is 23.1 Å². The Morgan fingerprint density at radius 2 is 1.82 bits per heavy atom. The van der Waals surface area contributed by atoms with Crippen molar-refractivity contribution in [1.29, 1.82) is 0 Å². The normalized spacial score (nSPS) is 11.4. The summed E-state index contributed by atoms with van der Waals surface area (Å²) in [5.74, 6) is -0.885. The van der Waals surface area contributed by atoms with Gasteiger partial charge >= 0.3 is 0 Å². The monoisotopic (exact) mass is 425 g/mol. The Balaban J connectivity index is 2.22. The third-order valence-electron chi connectivity index (χ3n) is 3.96. The third kappa shape index (κ3) is 5.09. The van der Waals surface area contributed by atoms with Crippen LogP contribution in [0.15, 0.2) is 35.2 Å². The van der Waals surface area contributed by atoms with Crippen LogP contribution in [0, 0.1) is 0 Å². The van der Waals surface area contributed by atoms with Crippen molar-refractivity contribution in [2.75, 3.05) is 18.4 Å². The number of amides is 2. The highest BCUT2D eigenvalue weighted by molar-refractivity contribution is 7.89. The fourth-order valence-corrected chi connectivity index (χ4v) is 4.81. The van der Waals surface area contributed by atoms with Gasteiger partial charge in [-0.3, -0.25) is 9.59 Å². The van der Waals surface area contributed by atoms with Gasteiger partial charge in [-0.1, -0.05) is 13.8 Å². The molecule has 8 nitrogen and oxygen atoms in total. The number of aromatic hydroxyl groups is 1. The first-order valence-electron chi connectivity index (χ1n) is 8.66. The van der Waals surface area contributed by atoms with Crippen molar-refractivity contribution in [1.82, 2.24) is 9.62 Å². The second-order valence-corrected chi connectivity index (χ2v) is 9.00. The van der Waals surface area contributed by atoms with E-state index in [9.17, 15) is 23.1 Å². The summed E-state index contributed by atoms with van der Waals surface area (Å²) in [5.41, 5.74) is 0.00930. The van der Waals surface area contributed by atoms with Gasteiger partial charge in [0.25, 0.3) is 5.91 Å². The molecule has 1 heterocycles. The Morgan fingerprint density at radius 1 is 1.14 bits per heavy atom. The Bertz CT molecular complexity index is 965. The smallest absolute Gasteiger partial charge is 0.265 e. The molecule has 0 unspecified atom stereocenters. The van der Waals surface area contributed by atoms with Gasteiger partial charge in [0.05, 0.1) is 22.0 Å². The van der Waals surface area contributed by atoms with Crippen molar-refractivity contribution in [2.45, 2.75) is 32.2 Å². The molecule has 0 fully saturated rings. The Morgan fingerprint density at radius 3 is 2.43 bits per heavy atom. The standard InChI is InChI=1S/C18H23N3O5S2/c1-4-21(5-2)28(25,26)14-7-8-16(23)15(10-14)20-18(24)17-9-6-13(27-17)11-19-12(3)22/h6-10,23H,4-5,11H2,1-3H3,(H,19,22)(H,20,24). The molecule has 0 aliphatic rings.